The van der Waals surface area contributed by atoms with Crippen LogP contribution in [-0.4, -0.2) is 38.8 Å². The second-order valence-corrected chi connectivity index (χ2v) is 8.10. The standard InChI is InChI=1S/C24H29N5O4/c1-16-11-12-18(15-21(16)29(32)33)24(31)28(14-8-4-3-7-13-25)17(2)22-26-20-10-6-5-9-19(20)23(30)27-22/h5-6,9-12,15,17H,3-4,7-8,13-14,25H2,1-2H3,(H,26,27,30). The topological polar surface area (TPSA) is 135 Å². The zero-order chi connectivity index (χ0) is 24.0. The molecular formula is C24H29N5O4. The van der Waals surface area contributed by atoms with Crippen LogP contribution in [0, 0.1) is 17.0 Å². The van der Waals surface area contributed by atoms with Crippen LogP contribution in [0.15, 0.2) is 47.3 Å². The van der Waals surface area contributed by atoms with Crippen molar-refractivity contribution in [2.45, 2.75) is 45.6 Å². The van der Waals surface area contributed by atoms with Crippen LogP contribution in [-0.2, 0) is 0 Å². The number of aromatic amines is 1. The summed E-state index contributed by atoms with van der Waals surface area (Å²) in [4.78, 5) is 45.9. The summed E-state index contributed by atoms with van der Waals surface area (Å²) >= 11 is 0. The smallest absolute Gasteiger partial charge is 0.273 e. The molecule has 0 aliphatic heterocycles. The van der Waals surface area contributed by atoms with Crippen molar-refractivity contribution < 1.29 is 9.72 Å². The van der Waals surface area contributed by atoms with Crippen LogP contribution in [0.4, 0.5) is 5.69 Å². The molecule has 0 bridgehead atoms. The number of nitrogens with zero attached hydrogens (tertiary/aromatic N) is 3. The van der Waals surface area contributed by atoms with Gasteiger partial charge in [-0.15, -0.1) is 0 Å². The predicted molar refractivity (Wildman–Crippen MR) is 127 cm³/mol. The Kier molecular flexibility index (Phi) is 7.89. The van der Waals surface area contributed by atoms with Gasteiger partial charge in [-0.3, -0.25) is 19.7 Å². The minimum absolute atomic E-state index is 0.103. The van der Waals surface area contributed by atoms with E-state index in [1.165, 1.54) is 6.07 Å². The van der Waals surface area contributed by atoms with Crippen LogP contribution in [0.25, 0.3) is 10.9 Å². The third-order valence-electron chi connectivity index (χ3n) is 5.76. The summed E-state index contributed by atoms with van der Waals surface area (Å²) in [7, 11) is 0. The number of H-pyrrole nitrogens is 1. The number of amides is 1. The second-order valence-electron chi connectivity index (χ2n) is 8.10. The number of nitro groups is 1. The maximum absolute atomic E-state index is 13.5. The number of unbranched alkanes of at least 4 members (excludes halogenated alkanes) is 3. The van der Waals surface area contributed by atoms with Gasteiger partial charge >= 0.3 is 0 Å². The summed E-state index contributed by atoms with van der Waals surface area (Å²) in [6, 6.07) is 11.0. The van der Waals surface area contributed by atoms with Crippen molar-refractivity contribution in [3.05, 3.63) is 79.9 Å². The first-order chi connectivity index (χ1) is 15.8. The van der Waals surface area contributed by atoms with Crippen molar-refractivity contribution in [1.29, 1.82) is 0 Å². The van der Waals surface area contributed by atoms with Gasteiger partial charge in [0.05, 0.1) is 21.9 Å². The minimum Gasteiger partial charge on any atom is -0.330 e. The van der Waals surface area contributed by atoms with Gasteiger partial charge in [-0.25, -0.2) is 4.98 Å². The number of carbonyl (C=O) groups is 1. The molecule has 0 radical (unpaired) electrons. The first-order valence-electron chi connectivity index (χ1n) is 11.1. The number of carbonyl (C=O) groups excluding carboxylic acids is 1. The van der Waals surface area contributed by atoms with Gasteiger partial charge in [-0.1, -0.05) is 31.0 Å². The number of benzene rings is 2. The largest absolute Gasteiger partial charge is 0.330 e. The molecule has 1 atom stereocenters. The van der Waals surface area contributed by atoms with Crippen molar-refractivity contribution in [3.63, 3.8) is 0 Å². The molecule has 0 saturated heterocycles. The molecule has 174 valence electrons. The fourth-order valence-electron chi connectivity index (χ4n) is 3.81. The Hall–Kier alpha value is -3.59. The van der Waals surface area contributed by atoms with Gasteiger partial charge in [-0.05, 0) is 51.4 Å². The highest BCUT2D eigenvalue weighted by atomic mass is 16.6. The molecule has 0 spiro atoms. The number of fused-ring (bicyclic) bond motifs is 1. The predicted octanol–water partition coefficient (Wildman–Crippen LogP) is 3.86. The Bertz CT molecular complexity index is 1210. The van der Waals surface area contributed by atoms with Crippen LogP contribution in [0.2, 0.25) is 0 Å². The molecule has 3 N–H and O–H groups in total. The molecule has 3 aromatic rings. The fourth-order valence-corrected chi connectivity index (χ4v) is 3.81. The van der Waals surface area contributed by atoms with E-state index in [-0.39, 0.29) is 22.7 Å². The van der Waals surface area contributed by atoms with Crippen LogP contribution in [0.3, 0.4) is 0 Å². The summed E-state index contributed by atoms with van der Waals surface area (Å²) < 4.78 is 0. The van der Waals surface area contributed by atoms with Crippen molar-refractivity contribution in [2.24, 2.45) is 5.73 Å². The summed E-state index contributed by atoms with van der Waals surface area (Å²) in [6.45, 7) is 4.47. The normalized spacial score (nSPS) is 12.0. The van der Waals surface area contributed by atoms with E-state index in [2.05, 4.69) is 9.97 Å². The van der Waals surface area contributed by atoms with Gasteiger partial charge in [0.1, 0.15) is 5.82 Å². The van der Waals surface area contributed by atoms with Crippen LogP contribution in [0.5, 0.6) is 0 Å². The number of aromatic nitrogens is 2. The van der Waals surface area contributed by atoms with Gasteiger partial charge in [0, 0.05) is 23.7 Å². The fraction of sp³-hybridized carbons (Fsp3) is 0.375. The van der Waals surface area contributed by atoms with Gasteiger partial charge in [0.15, 0.2) is 0 Å². The molecule has 9 heteroatoms. The molecule has 9 nitrogen and oxygen atoms in total. The zero-order valence-electron chi connectivity index (χ0n) is 18.9. The molecule has 1 amide bonds. The van der Waals surface area contributed by atoms with E-state index in [4.69, 9.17) is 5.73 Å². The van der Waals surface area contributed by atoms with E-state index in [9.17, 15) is 19.7 Å². The number of nitro benzene ring substituents is 1. The van der Waals surface area contributed by atoms with Crippen molar-refractivity contribution in [3.8, 4) is 0 Å². The van der Waals surface area contributed by atoms with Crippen LogP contribution >= 0.6 is 0 Å². The van der Waals surface area contributed by atoms with E-state index in [0.29, 0.717) is 35.4 Å². The van der Waals surface area contributed by atoms with Crippen LogP contribution in [0.1, 0.15) is 60.4 Å². The van der Waals surface area contributed by atoms with Crippen molar-refractivity contribution in [2.75, 3.05) is 13.1 Å². The van der Waals surface area contributed by atoms with E-state index < -0.39 is 11.0 Å². The first kappa shape index (κ1) is 24.1. The molecule has 3 rings (SSSR count). The number of aryl methyl sites for hydroxylation is 1. The lowest BCUT2D eigenvalue weighted by Gasteiger charge is -2.29. The maximum Gasteiger partial charge on any atom is 0.273 e. The average molecular weight is 452 g/mol. The molecule has 1 aromatic heterocycles. The lowest BCUT2D eigenvalue weighted by molar-refractivity contribution is -0.385. The summed E-state index contributed by atoms with van der Waals surface area (Å²) in [5, 5.41) is 11.9. The number of hydrogen-bond donors (Lipinski definition) is 2. The Balaban J connectivity index is 1.95. The van der Waals surface area contributed by atoms with Crippen molar-refractivity contribution >= 4 is 22.5 Å². The highest BCUT2D eigenvalue weighted by molar-refractivity contribution is 5.95. The number of para-hydroxylation sites is 1. The van der Waals surface area contributed by atoms with Gasteiger partial charge in [-0.2, -0.15) is 0 Å². The summed E-state index contributed by atoms with van der Waals surface area (Å²) in [6.07, 6.45) is 3.49. The summed E-state index contributed by atoms with van der Waals surface area (Å²) in [5.74, 6) is 0.0239. The highest BCUT2D eigenvalue weighted by Gasteiger charge is 2.26. The first-order valence-corrected chi connectivity index (χ1v) is 11.1. The van der Waals surface area contributed by atoms with Gasteiger partial charge in [0.2, 0.25) is 0 Å². The molecule has 0 saturated carbocycles. The van der Waals surface area contributed by atoms with E-state index >= 15 is 0 Å². The number of hydrogen-bond acceptors (Lipinski definition) is 6. The third-order valence-corrected chi connectivity index (χ3v) is 5.76. The minimum atomic E-state index is -0.537. The van der Waals surface area contributed by atoms with Crippen LogP contribution < -0.4 is 11.3 Å². The lowest BCUT2D eigenvalue weighted by atomic mass is 10.1. The second kappa shape index (κ2) is 10.8. The Morgan fingerprint density at radius 1 is 1.18 bits per heavy atom. The Labute approximate surface area is 191 Å². The number of nitrogens with one attached hydrogen (secondary N) is 1. The Morgan fingerprint density at radius 3 is 2.64 bits per heavy atom. The lowest BCUT2D eigenvalue weighted by Crippen LogP contribution is -2.36. The quantitative estimate of drug-likeness (QED) is 0.273. The molecule has 0 aliphatic rings. The van der Waals surface area contributed by atoms with Gasteiger partial charge < -0.3 is 15.6 Å². The third kappa shape index (κ3) is 5.61. The van der Waals surface area contributed by atoms with E-state index in [1.54, 1.807) is 55.1 Å². The van der Waals surface area contributed by atoms with Gasteiger partial charge in [0.25, 0.3) is 17.2 Å². The molecule has 1 unspecified atom stereocenters. The molecular weight excluding hydrogens is 422 g/mol. The highest BCUT2D eigenvalue weighted by Crippen LogP contribution is 2.25. The number of rotatable bonds is 10. The SMILES string of the molecule is Cc1ccc(C(=O)N(CCCCCCN)C(C)c2nc3ccccc3c(=O)[nH]2)cc1[N+](=O)[O-]. The average Bonchev–Trinajstić information content (AvgIpc) is 2.80. The Morgan fingerprint density at radius 2 is 1.91 bits per heavy atom. The summed E-state index contributed by atoms with van der Waals surface area (Å²) in [5.41, 5.74) is 6.45. The van der Waals surface area contributed by atoms with E-state index in [1.807, 2.05) is 0 Å². The molecule has 33 heavy (non-hydrogen) atoms. The molecule has 0 fully saturated rings. The van der Waals surface area contributed by atoms with E-state index in [0.717, 1.165) is 25.7 Å². The monoisotopic (exact) mass is 451 g/mol. The zero-order valence-corrected chi connectivity index (χ0v) is 18.9. The number of nitrogens with two attached hydrogens (primary N) is 1. The molecule has 2 aromatic carbocycles. The molecule has 1 heterocycles. The van der Waals surface area contributed by atoms with Crippen molar-refractivity contribution in [1.82, 2.24) is 14.9 Å². The molecule has 0 aliphatic carbocycles. The maximum atomic E-state index is 13.5.